The van der Waals surface area contributed by atoms with Crippen molar-refractivity contribution in [3.05, 3.63) is 71.5 Å². The first-order chi connectivity index (χ1) is 18.6. The van der Waals surface area contributed by atoms with Gasteiger partial charge >= 0.3 is 6.18 Å². The molecule has 0 aliphatic heterocycles. The molecule has 4 N–H and O–H groups in total. The number of amides is 2. The van der Waals surface area contributed by atoms with E-state index in [-0.39, 0.29) is 18.2 Å². The van der Waals surface area contributed by atoms with Gasteiger partial charge in [-0.05, 0) is 55.9 Å². The number of hydrogen-bond donors (Lipinski definition) is 4. The van der Waals surface area contributed by atoms with Crippen molar-refractivity contribution in [1.82, 2.24) is 16.0 Å². The summed E-state index contributed by atoms with van der Waals surface area (Å²) in [7, 11) is -3.97. The van der Waals surface area contributed by atoms with Gasteiger partial charge in [0.1, 0.15) is 17.9 Å². The van der Waals surface area contributed by atoms with Gasteiger partial charge in [-0.1, -0.05) is 42.5 Å². The summed E-state index contributed by atoms with van der Waals surface area (Å²) in [5.74, 6) is -4.12. The van der Waals surface area contributed by atoms with Crippen LogP contribution in [-0.2, 0) is 26.0 Å². The Hall–Kier alpha value is -3.03. The SMILES string of the molecule is CC(C)(NC(=O)[C@H](CS(=O)(=O)CC1CC1)N[C@H](c1ccc(F)cc1)C(F)(F)F)C(O)C(=O)NCc1ccccc1. The monoisotopic (exact) mass is 587 g/mol. The van der Waals surface area contributed by atoms with Crippen LogP contribution in [0.1, 0.15) is 43.9 Å². The van der Waals surface area contributed by atoms with E-state index in [1.807, 2.05) is 0 Å². The molecule has 0 spiro atoms. The van der Waals surface area contributed by atoms with Gasteiger partial charge in [0.15, 0.2) is 15.9 Å². The highest BCUT2D eigenvalue weighted by atomic mass is 32.2. The first-order valence-corrected chi connectivity index (χ1v) is 14.5. The van der Waals surface area contributed by atoms with Crippen molar-refractivity contribution >= 4 is 21.7 Å². The van der Waals surface area contributed by atoms with Crippen LogP contribution in [0, 0.1) is 11.7 Å². The molecule has 13 heteroatoms. The van der Waals surface area contributed by atoms with E-state index in [0.29, 0.717) is 12.8 Å². The van der Waals surface area contributed by atoms with Crippen LogP contribution >= 0.6 is 0 Å². The quantitative estimate of drug-likeness (QED) is 0.267. The van der Waals surface area contributed by atoms with Crippen molar-refractivity contribution in [3.63, 3.8) is 0 Å². The molecule has 1 saturated carbocycles. The first-order valence-electron chi connectivity index (χ1n) is 12.7. The molecule has 2 aromatic rings. The summed E-state index contributed by atoms with van der Waals surface area (Å²) >= 11 is 0. The molecule has 0 radical (unpaired) electrons. The molecule has 220 valence electrons. The zero-order valence-corrected chi connectivity index (χ0v) is 22.9. The third kappa shape index (κ3) is 9.27. The molecule has 8 nitrogen and oxygen atoms in total. The molecule has 2 aromatic carbocycles. The fraction of sp³-hybridized carbons (Fsp3) is 0.481. The van der Waals surface area contributed by atoms with E-state index in [9.17, 15) is 40.7 Å². The highest BCUT2D eigenvalue weighted by Gasteiger charge is 2.45. The lowest BCUT2D eigenvalue weighted by atomic mass is 9.95. The maximum atomic E-state index is 14.0. The number of aliphatic hydroxyl groups excluding tert-OH is 1. The Balaban J connectivity index is 1.79. The first kappa shape index (κ1) is 31.5. The molecule has 3 rings (SSSR count). The van der Waals surface area contributed by atoms with Crippen LogP contribution in [0.5, 0.6) is 0 Å². The van der Waals surface area contributed by atoms with Gasteiger partial charge in [-0.15, -0.1) is 0 Å². The zero-order chi connectivity index (χ0) is 29.7. The smallest absolute Gasteiger partial charge is 0.381 e. The van der Waals surface area contributed by atoms with Crippen molar-refractivity contribution in [3.8, 4) is 0 Å². The minimum atomic E-state index is -4.97. The number of hydrogen-bond acceptors (Lipinski definition) is 6. The fourth-order valence-electron chi connectivity index (χ4n) is 4.08. The molecule has 0 heterocycles. The summed E-state index contributed by atoms with van der Waals surface area (Å²) in [5, 5.41) is 17.6. The lowest BCUT2D eigenvalue weighted by Crippen LogP contribution is -2.62. The summed E-state index contributed by atoms with van der Waals surface area (Å²) in [5.41, 5.74) is -1.37. The van der Waals surface area contributed by atoms with E-state index >= 15 is 0 Å². The van der Waals surface area contributed by atoms with E-state index < -0.39 is 68.7 Å². The Morgan fingerprint density at radius 2 is 1.60 bits per heavy atom. The van der Waals surface area contributed by atoms with Gasteiger partial charge in [-0.25, -0.2) is 12.8 Å². The van der Waals surface area contributed by atoms with Crippen molar-refractivity contribution in [2.75, 3.05) is 11.5 Å². The number of nitrogens with one attached hydrogen (secondary N) is 3. The fourth-order valence-corrected chi connectivity index (χ4v) is 6.03. The van der Waals surface area contributed by atoms with Gasteiger partial charge in [-0.2, -0.15) is 13.2 Å². The number of benzene rings is 2. The average Bonchev–Trinajstić information content (AvgIpc) is 3.68. The molecule has 1 aliphatic carbocycles. The summed E-state index contributed by atoms with van der Waals surface area (Å²) in [4.78, 5) is 25.9. The molecule has 3 atom stereocenters. The molecule has 0 aromatic heterocycles. The number of carbonyl (C=O) groups is 2. The Bertz CT molecular complexity index is 1270. The zero-order valence-electron chi connectivity index (χ0n) is 22.0. The van der Waals surface area contributed by atoms with E-state index in [0.717, 1.165) is 29.8 Å². The van der Waals surface area contributed by atoms with Crippen molar-refractivity contribution in [2.24, 2.45) is 5.92 Å². The second kappa shape index (κ2) is 12.6. The number of alkyl halides is 3. The van der Waals surface area contributed by atoms with E-state index in [1.165, 1.54) is 13.8 Å². The molecule has 1 aliphatic rings. The molecule has 40 heavy (non-hydrogen) atoms. The lowest BCUT2D eigenvalue weighted by molar-refractivity contribution is -0.160. The van der Waals surface area contributed by atoms with Crippen LogP contribution < -0.4 is 16.0 Å². The van der Waals surface area contributed by atoms with Crippen molar-refractivity contribution < 1.29 is 40.7 Å². The predicted molar refractivity (Wildman–Crippen MR) is 140 cm³/mol. The second-order valence-electron chi connectivity index (χ2n) is 10.6. The largest absolute Gasteiger partial charge is 0.407 e. The highest BCUT2D eigenvalue weighted by Crippen LogP contribution is 2.34. The molecular formula is C27H33F4N3O5S. The second-order valence-corrected chi connectivity index (χ2v) is 12.7. The van der Waals surface area contributed by atoms with Crippen LogP contribution in [0.4, 0.5) is 17.6 Å². The van der Waals surface area contributed by atoms with Gasteiger partial charge in [0.05, 0.1) is 17.0 Å². The predicted octanol–water partition coefficient (Wildman–Crippen LogP) is 2.78. The summed E-state index contributed by atoms with van der Waals surface area (Å²) < 4.78 is 81.1. The standard InChI is InChI=1S/C27H33F4N3O5S/c1-26(2,23(35)25(37)32-14-17-6-4-3-5-7-17)34-24(36)21(16-40(38,39)15-18-8-9-18)33-22(27(29,30)31)19-10-12-20(28)13-11-19/h3-7,10-13,18,21-23,33,35H,8-9,14-16H2,1-2H3,(H,32,37)(H,34,36)/t21-,22+,23?/m0/s1. The average molecular weight is 588 g/mol. The maximum Gasteiger partial charge on any atom is 0.407 e. The summed E-state index contributed by atoms with van der Waals surface area (Å²) in [6.45, 7) is 2.65. The Labute approximate surface area is 230 Å². The Kier molecular flexibility index (Phi) is 9.96. The maximum absolute atomic E-state index is 14.0. The van der Waals surface area contributed by atoms with Crippen LogP contribution in [-0.4, -0.2) is 60.7 Å². The number of aliphatic hydroxyl groups is 1. The minimum Gasteiger partial charge on any atom is -0.381 e. The molecule has 0 saturated heterocycles. The van der Waals surface area contributed by atoms with Crippen LogP contribution in [0.2, 0.25) is 0 Å². The molecule has 1 fully saturated rings. The third-order valence-corrected chi connectivity index (χ3v) is 8.33. The minimum absolute atomic E-state index is 0.0787. The molecular weight excluding hydrogens is 554 g/mol. The van der Waals surface area contributed by atoms with Crippen molar-refractivity contribution in [1.29, 1.82) is 0 Å². The van der Waals surface area contributed by atoms with E-state index in [4.69, 9.17) is 0 Å². The highest BCUT2D eigenvalue weighted by molar-refractivity contribution is 7.91. The summed E-state index contributed by atoms with van der Waals surface area (Å²) in [6.07, 6.45) is -5.45. The normalized spacial score (nSPS) is 16.6. The number of sulfone groups is 1. The van der Waals surface area contributed by atoms with Crippen LogP contribution in [0.25, 0.3) is 0 Å². The van der Waals surface area contributed by atoms with Crippen LogP contribution in [0.3, 0.4) is 0 Å². The van der Waals surface area contributed by atoms with Gasteiger partial charge in [-0.3, -0.25) is 14.9 Å². The number of rotatable bonds is 13. The van der Waals surface area contributed by atoms with Gasteiger partial charge < -0.3 is 15.7 Å². The van der Waals surface area contributed by atoms with E-state index in [2.05, 4.69) is 16.0 Å². The Morgan fingerprint density at radius 3 is 2.15 bits per heavy atom. The number of carbonyl (C=O) groups excluding carboxylic acids is 2. The van der Waals surface area contributed by atoms with Crippen molar-refractivity contribution in [2.45, 2.75) is 63.1 Å². The lowest BCUT2D eigenvalue weighted by Gasteiger charge is -2.34. The Morgan fingerprint density at radius 1 is 1.00 bits per heavy atom. The van der Waals surface area contributed by atoms with E-state index in [1.54, 1.807) is 30.3 Å². The number of halogens is 4. The molecule has 1 unspecified atom stereocenters. The van der Waals surface area contributed by atoms with Crippen LogP contribution in [0.15, 0.2) is 54.6 Å². The third-order valence-electron chi connectivity index (χ3n) is 6.51. The van der Waals surface area contributed by atoms with Gasteiger partial charge in [0.2, 0.25) is 5.91 Å². The molecule has 0 bridgehead atoms. The van der Waals surface area contributed by atoms with Gasteiger partial charge in [0.25, 0.3) is 5.91 Å². The molecule has 2 amide bonds. The van der Waals surface area contributed by atoms with Gasteiger partial charge in [0, 0.05) is 6.54 Å². The topological polar surface area (TPSA) is 125 Å². The summed E-state index contributed by atoms with van der Waals surface area (Å²) in [6, 6.07) is 7.81.